The topological polar surface area (TPSA) is 73.9 Å². The van der Waals surface area contributed by atoms with Crippen molar-refractivity contribution in [3.63, 3.8) is 0 Å². The van der Waals surface area contributed by atoms with Gasteiger partial charge in [0.25, 0.3) is 5.91 Å². The highest BCUT2D eigenvalue weighted by atomic mass is 16.5. The lowest BCUT2D eigenvalue weighted by atomic mass is 9.87. The zero-order chi connectivity index (χ0) is 21.6. The third-order valence-corrected chi connectivity index (χ3v) is 4.49. The Morgan fingerprint density at radius 1 is 0.966 bits per heavy atom. The summed E-state index contributed by atoms with van der Waals surface area (Å²) < 4.78 is 15.7. The maximum atomic E-state index is 12.3. The van der Waals surface area contributed by atoms with Crippen molar-refractivity contribution in [2.45, 2.75) is 45.6 Å². The number of amides is 1. The van der Waals surface area contributed by atoms with Gasteiger partial charge in [0.2, 0.25) is 0 Å². The van der Waals surface area contributed by atoms with Crippen LogP contribution in [0.1, 0.15) is 38.8 Å². The molecule has 6 heteroatoms. The average molecular weight is 399 g/mol. The van der Waals surface area contributed by atoms with Gasteiger partial charge >= 0.3 is 5.97 Å². The van der Waals surface area contributed by atoms with Gasteiger partial charge in [0.05, 0.1) is 20.6 Å². The summed E-state index contributed by atoms with van der Waals surface area (Å²) in [5, 5.41) is 2.77. The lowest BCUT2D eigenvalue weighted by molar-refractivity contribution is -0.152. The van der Waals surface area contributed by atoms with Gasteiger partial charge in [0.1, 0.15) is 0 Å². The van der Waals surface area contributed by atoms with Crippen molar-refractivity contribution in [2.75, 3.05) is 19.5 Å². The molecule has 2 aromatic carbocycles. The van der Waals surface area contributed by atoms with E-state index in [2.05, 4.69) is 26.1 Å². The molecule has 0 saturated heterocycles. The van der Waals surface area contributed by atoms with Crippen LogP contribution in [-0.4, -0.2) is 32.2 Å². The first-order valence-electron chi connectivity index (χ1n) is 9.46. The monoisotopic (exact) mass is 399 g/mol. The molecule has 0 radical (unpaired) electrons. The molecule has 2 aromatic rings. The maximum absolute atomic E-state index is 12.3. The normalized spacial score (nSPS) is 12.1. The quantitative estimate of drug-likeness (QED) is 0.709. The molecule has 1 amide bonds. The molecule has 1 N–H and O–H groups in total. The molecule has 0 fully saturated rings. The van der Waals surface area contributed by atoms with E-state index in [1.807, 2.05) is 24.3 Å². The molecule has 0 bridgehead atoms. The van der Waals surface area contributed by atoms with Crippen LogP contribution in [0, 0.1) is 0 Å². The smallest absolute Gasteiger partial charge is 0.311 e. The molecule has 1 unspecified atom stereocenters. The fourth-order valence-corrected chi connectivity index (χ4v) is 2.75. The number of hydrogen-bond acceptors (Lipinski definition) is 5. The molecule has 0 spiro atoms. The van der Waals surface area contributed by atoms with Crippen LogP contribution in [0.2, 0.25) is 0 Å². The van der Waals surface area contributed by atoms with Crippen molar-refractivity contribution >= 4 is 17.6 Å². The van der Waals surface area contributed by atoms with Gasteiger partial charge < -0.3 is 19.5 Å². The van der Waals surface area contributed by atoms with Crippen LogP contribution in [0.3, 0.4) is 0 Å². The number of carbonyl (C=O) groups excluding carboxylic acids is 2. The van der Waals surface area contributed by atoms with Crippen LogP contribution in [0.15, 0.2) is 42.5 Å². The summed E-state index contributed by atoms with van der Waals surface area (Å²) in [6.07, 6.45) is -0.886. The zero-order valence-electron chi connectivity index (χ0n) is 17.9. The van der Waals surface area contributed by atoms with Crippen LogP contribution in [0.25, 0.3) is 0 Å². The largest absolute Gasteiger partial charge is 0.493 e. The van der Waals surface area contributed by atoms with Gasteiger partial charge in [-0.15, -0.1) is 0 Å². The summed E-state index contributed by atoms with van der Waals surface area (Å²) in [7, 11) is 3.07. The SMILES string of the molecule is COc1ccc(CC(=O)OC(C)C(=O)Nc2ccc(C(C)(C)C)cc2)cc1OC. The lowest BCUT2D eigenvalue weighted by Crippen LogP contribution is -2.30. The van der Waals surface area contributed by atoms with Crippen molar-refractivity contribution < 1.29 is 23.8 Å². The Hall–Kier alpha value is -3.02. The maximum Gasteiger partial charge on any atom is 0.311 e. The molecule has 2 rings (SSSR count). The summed E-state index contributed by atoms with van der Waals surface area (Å²) in [5.74, 6) is 0.231. The first-order valence-corrected chi connectivity index (χ1v) is 9.46. The van der Waals surface area contributed by atoms with Crippen LogP contribution >= 0.6 is 0 Å². The number of ether oxygens (including phenoxy) is 3. The standard InChI is InChI=1S/C23H29NO5/c1-15(22(26)24-18-10-8-17(9-11-18)23(2,3)4)29-21(25)14-16-7-12-19(27-5)20(13-16)28-6/h7-13,15H,14H2,1-6H3,(H,24,26). The summed E-state index contributed by atoms with van der Waals surface area (Å²) in [4.78, 5) is 24.6. The average Bonchev–Trinajstić information content (AvgIpc) is 2.67. The van der Waals surface area contributed by atoms with E-state index in [0.717, 1.165) is 0 Å². The Kier molecular flexibility index (Phi) is 7.26. The van der Waals surface area contributed by atoms with E-state index in [1.54, 1.807) is 32.2 Å². The third-order valence-electron chi connectivity index (χ3n) is 4.49. The molecule has 29 heavy (non-hydrogen) atoms. The molecule has 0 saturated carbocycles. The molecule has 0 aromatic heterocycles. The molecule has 1 atom stereocenters. The molecular weight excluding hydrogens is 370 g/mol. The Morgan fingerprint density at radius 2 is 1.59 bits per heavy atom. The predicted octanol–water partition coefficient (Wildman–Crippen LogP) is 4.11. The fraction of sp³-hybridized carbons (Fsp3) is 0.391. The second-order valence-electron chi connectivity index (χ2n) is 7.81. The third kappa shape index (κ3) is 6.24. The fourth-order valence-electron chi connectivity index (χ4n) is 2.75. The summed E-state index contributed by atoms with van der Waals surface area (Å²) in [6.45, 7) is 7.92. The number of methoxy groups -OCH3 is 2. The predicted molar refractivity (Wildman–Crippen MR) is 113 cm³/mol. The van der Waals surface area contributed by atoms with Crippen LogP contribution in [-0.2, 0) is 26.2 Å². The number of hydrogen-bond donors (Lipinski definition) is 1. The van der Waals surface area contributed by atoms with Crippen LogP contribution in [0.5, 0.6) is 11.5 Å². The van der Waals surface area contributed by atoms with Gasteiger partial charge in [-0.25, -0.2) is 0 Å². The Labute approximate surface area is 172 Å². The van der Waals surface area contributed by atoms with Gasteiger partial charge in [-0.05, 0) is 47.7 Å². The summed E-state index contributed by atoms with van der Waals surface area (Å²) in [6, 6.07) is 12.8. The summed E-state index contributed by atoms with van der Waals surface area (Å²) in [5.41, 5.74) is 2.57. The van der Waals surface area contributed by atoms with Crippen LogP contribution < -0.4 is 14.8 Å². The highest BCUT2D eigenvalue weighted by Gasteiger charge is 2.19. The van der Waals surface area contributed by atoms with E-state index in [4.69, 9.17) is 14.2 Å². The van der Waals surface area contributed by atoms with Gasteiger partial charge in [0.15, 0.2) is 17.6 Å². The van der Waals surface area contributed by atoms with E-state index < -0.39 is 12.1 Å². The van der Waals surface area contributed by atoms with Gasteiger partial charge in [0, 0.05) is 5.69 Å². The molecule has 0 aliphatic rings. The molecule has 6 nitrogen and oxygen atoms in total. The van der Waals surface area contributed by atoms with Crippen molar-refractivity contribution in [1.29, 1.82) is 0 Å². The van der Waals surface area contributed by atoms with Crippen molar-refractivity contribution in [3.05, 3.63) is 53.6 Å². The lowest BCUT2D eigenvalue weighted by Gasteiger charge is -2.19. The Bertz CT molecular complexity index is 853. The number of esters is 1. The minimum Gasteiger partial charge on any atom is -0.493 e. The zero-order valence-corrected chi connectivity index (χ0v) is 17.9. The minimum atomic E-state index is -0.912. The molecule has 0 aliphatic heterocycles. The van der Waals surface area contributed by atoms with Gasteiger partial charge in [-0.1, -0.05) is 39.0 Å². The number of carbonyl (C=O) groups is 2. The number of anilines is 1. The van der Waals surface area contributed by atoms with Crippen LogP contribution in [0.4, 0.5) is 5.69 Å². The Morgan fingerprint density at radius 3 is 2.14 bits per heavy atom. The Balaban J connectivity index is 1.92. The van der Waals surface area contributed by atoms with Crippen molar-refractivity contribution in [3.8, 4) is 11.5 Å². The van der Waals surface area contributed by atoms with Gasteiger partial charge in [-0.2, -0.15) is 0 Å². The molecule has 0 heterocycles. The second kappa shape index (κ2) is 9.45. The number of rotatable bonds is 7. The molecule has 0 aliphatic carbocycles. The molecule has 156 valence electrons. The first kappa shape index (κ1) is 22.3. The highest BCUT2D eigenvalue weighted by molar-refractivity contribution is 5.95. The van der Waals surface area contributed by atoms with E-state index in [0.29, 0.717) is 22.7 Å². The first-order chi connectivity index (χ1) is 13.6. The number of benzene rings is 2. The van der Waals surface area contributed by atoms with E-state index >= 15 is 0 Å². The highest BCUT2D eigenvalue weighted by Crippen LogP contribution is 2.28. The summed E-state index contributed by atoms with van der Waals surface area (Å²) >= 11 is 0. The van der Waals surface area contributed by atoms with E-state index in [-0.39, 0.29) is 17.7 Å². The van der Waals surface area contributed by atoms with E-state index in [9.17, 15) is 9.59 Å². The minimum absolute atomic E-state index is 0.0260. The molecular formula is C23H29NO5. The second-order valence-corrected chi connectivity index (χ2v) is 7.81. The van der Waals surface area contributed by atoms with Gasteiger partial charge in [-0.3, -0.25) is 9.59 Å². The number of nitrogens with one attached hydrogen (secondary N) is 1. The van der Waals surface area contributed by atoms with E-state index in [1.165, 1.54) is 12.7 Å². The van der Waals surface area contributed by atoms with Crippen molar-refractivity contribution in [1.82, 2.24) is 0 Å². The van der Waals surface area contributed by atoms with Crippen molar-refractivity contribution in [2.24, 2.45) is 0 Å².